The summed E-state index contributed by atoms with van der Waals surface area (Å²) in [5.74, 6) is -5.74. The topological polar surface area (TPSA) is 220 Å². The molecule has 3 aromatic carbocycles. The maximum atomic E-state index is 13.7. The van der Waals surface area contributed by atoms with Crippen molar-refractivity contribution in [1.29, 1.82) is 5.26 Å². The number of fused-ring (bicyclic) bond motifs is 1. The number of carbonyl (C=O) groups excluding carboxylic acids is 4. The average molecular weight is 741 g/mol. The van der Waals surface area contributed by atoms with Gasteiger partial charge in [-0.15, -0.1) is 0 Å². The SMILES string of the molecule is N#C[C@@]1(c2ccc3c(NC(=O)c4ccccc4)ncnn23)OC(COC(=O)C(F)(F)F)(N=[N+]=[N-])[C@@H](OC(=O)c2ccccc2)[C@H]1OC(=O)c1ccccc1. The van der Waals surface area contributed by atoms with Gasteiger partial charge in [0.05, 0.1) is 16.8 Å². The minimum atomic E-state index is -5.55. The van der Waals surface area contributed by atoms with E-state index in [4.69, 9.17) is 14.2 Å². The molecule has 1 unspecified atom stereocenters. The van der Waals surface area contributed by atoms with Crippen LogP contribution in [0.1, 0.15) is 36.8 Å². The molecule has 1 fully saturated rings. The van der Waals surface area contributed by atoms with Gasteiger partial charge in [0.1, 0.15) is 24.5 Å². The molecule has 0 bridgehead atoms. The van der Waals surface area contributed by atoms with Gasteiger partial charge in [-0.05, 0) is 54.1 Å². The number of carbonyl (C=O) groups is 4. The van der Waals surface area contributed by atoms with Crippen molar-refractivity contribution in [1.82, 2.24) is 14.6 Å². The largest absolute Gasteiger partial charge is 0.490 e. The van der Waals surface area contributed by atoms with Gasteiger partial charge >= 0.3 is 24.1 Å². The van der Waals surface area contributed by atoms with Crippen molar-refractivity contribution in [3.8, 4) is 6.07 Å². The Labute approximate surface area is 301 Å². The standard InChI is InChI=1S/C35H23F3N8O8/c36-35(37,38)32(50)51-19-34(44-45-40)27(53-31(49)23-14-8-3-9-15-23)26(52-30(48)22-12-6-2-7-13-22)33(18-39,54-34)25-17-16-24-28(41-20-42-46(24)25)43-29(47)21-10-4-1-5-11-21/h1-17,20,26-27H,19H2,(H,41,42,43,47)/t26-,27+,33+,34?/m1/s1. The molecule has 5 aromatic rings. The molecule has 3 heterocycles. The number of nitriles is 1. The number of nitrogens with zero attached hydrogens (tertiary/aromatic N) is 7. The van der Waals surface area contributed by atoms with Crippen LogP contribution in [0.3, 0.4) is 0 Å². The predicted molar refractivity (Wildman–Crippen MR) is 176 cm³/mol. The zero-order valence-electron chi connectivity index (χ0n) is 27.3. The molecule has 0 saturated carbocycles. The first-order valence-corrected chi connectivity index (χ1v) is 15.6. The van der Waals surface area contributed by atoms with E-state index in [1.165, 1.54) is 72.8 Å². The molecule has 1 amide bonds. The highest BCUT2D eigenvalue weighted by Gasteiger charge is 2.70. The maximum absolute atomic E-state index is 13.7. The third-order valence-electron chi connectivity index (χ3n) is 8.07. The Morgan fingerprint density at radius 1 is 0.889 bits per heavy atom. The van der Waals surface area contributed by atoms with Gasteiger partial charge in [-0.2, -0.15) is 23.5 Å². The lowest BCUT2D eigenvalue weighted by atomic mass is 9.90. The Balaban J connectivity index is 1.54. The maximum Gasteiger partial charge on any atom is 0.490 e. The van der Waals surface area contributed by atoms with Crippen LogP contribution in [0.5, 0.6) is 0 Å². The highest BCUT2D eigenvalue weighted by molar-refractivity contribution is 6.05. The monoisotopic (exact) mass is 740 g/mol. The van der Waals surface area contributed by atoms with Gasteiger partial charge in [0.25, 0.3) is 5.91 Å². The van der Waals surface area contributed by atoms with Crippen molar-refractivity contribution < 1.29 is 51.3 Å². The molecule has 1 N–H and O–H groups in total. The summed E-state index contributed by atoms with van der Waals surface area (Å²) in [6, 6.07) is 26.8. The van der Waals surface area contributed by atoms with Crippen LogP contribution >= 0.6 is 0 Å². The number of alkyl halides is 3. The van der Waals surface area contributed by atoms with E-state index < -0.39 is 60.1 Å². The van der Waals surface area contributed by atoms with E-state index in [0.29, 0.717) is 0 Å². The van der Waals surface area contributed by atoms with E-state index in [1.807, 2.05) is 6.07 Å². The van der Waals surface area contributed by atoms with Crippen LogP contribution in [0, 0.1) is 11.3 Å². The van der Waals surface area contributed by atoms with Gasteiger partial charge in [0.2, 0.25) is 11.3 Å². The minimum absolute atomic E-state index is 0.0331. The van der Waals surface area contributed by atoms with Gasteiger partial charge in [-0.1, -0.05) is 59.7 Å². The molecule has 0 aliphatic carbocycles. The third kappa shape index (κ3) is 6.97. The molecule has 16 nitrogen and oxygen atoms in total. The van der Waals surface area contributed by atoms with Crippen molar-refractivity contribution in [3.05, 3.63) is 142 Å². The number of benzene rings is 3. The first-order valence-electron chi connectivity index (χ1n) is 15.6. The zero-order chi connectivity index (χ0) is 38.5. The van der Waals surface area contributed by atoms with Crippen LogP contribution in [-0.4, -0.2) is 69.1 Å². The highest BCUT2D eigenvalue weighted by atomic mass is 19.4. The number of hydrogen-bond donors (Lipinski definition) is 1. The van der Waals surface area contributed by atoms with Crippen molar-refractivity contribution in [2.45, 2.75) is 29.7 Å². The molecule has 0 spiro atoms. The van der Waals surface area contributed by atoms with Crippen LogP contribution < -0.4 is 5.32 Å². The number of rotatable bonds is 10. The normalized spacial score (nSPS) is 20.6. The summed E-state index contributed by atoms with van der Waals surface area (Å²) >= 11 is 0. The second kappa shape index (κ2) is 14.7. The van der Waals surface area contributed by atoms with E-state index >= 15 is 0 Å². The van der Waals surface area contributed by atoms with Gasteiger partial charge in [0, 0.05) is 10.5 Å². The molecule has 1 saturated heterocycles. The Bertz CT molecular complexity index is 2320. The number of azide groups is 1. The zero-order valence-corrected chi connectivity index (χ0v) is 27.3. The molecule has 2 aromatic heterocycles. The average Bonchev–Trinajstić information content (AvgIpc) is 3.73. The summed E-state index contributed by atoms with van der Waals surface area (Å²) in [4.78, 5) is 59.0. The molecule has 54 heavy (non-hydrogen) atoms. The predicted octanol–water partition coefficient (Wildman–Crippen LogP) is 5.29. The summed E-state index contributed by atoms with van der Waals surface area (Å²) in [5.41, 5.74) is 3.69. The summed E-state index contributed by atoms with van der Waals surface area (Å²) in [6.07, 6.45) is -9.03. The smallest absolute Gasteiger partial charge is 0.456 e. The molecule has 272 valence electrons. The van der Waals surface area contributed by atoms with E-state index in [9.17, 15) is 43.1 Å². The van der Waals surface area contributed by atoms with Gasteiger partial charge < -0.3 is 24.3 Å². The Morgan fingerprint density at radius 2 is 1.44 bits per heavy atom. The van der Waals surface area contributed by atoms with Crippen LogP contribution in [-0.2, 0) is 29.3 Å². The first kappa shape index (κ1) is 36.5. The number of nitrogens with one attached hydrogen (secondary N) is 1. The van der Waals surface area contributed by atoms with Gasteiger partial charge in [-0.25, -0.2) is 23.9 Å². The fourth-order valence-electron chi connectivity index (χ4n) is 5.62. The van der Waals surface area contributed by atoms with Crippen molar-refractivity contribution in [2.24, 2.45) is 5.11 Å². The van der Waals surface area contributed by atoms with Gasteiger partial charge in [-0.3, -0.25) is 4.79 Å². The molecule has 4 atom stereocenters. The van der Waals surface area contributed by atoms with E-state index in [1.54, 1.807) is 30.3 Å². The fourth-order valence-corrected chi connectivity index (χ4v) is 5.62. The van der Waals surface area contributed by atoms with Crippen LogP contribution in [0.2, 0.25) is 0 Å². The summed E-state index contributed by atoms with van der Waals surface area (Å²) < 4.78 is 63.2. The second-order valence-corrected chi connectivity index (χ2v) is 11.4. The molecule has 0 radical (unpaired) electrons. The van der Waals surface area contributed by atoms with Crippen molar-refractivity contribution >= 4 is 35.1 Å². The van der Waals surface area contributed by atoms with E-state index in [2.05, 4.69) is 30.2 Å². The Kier molecular flexibility index (Phi) is 9.97. The Morgan fingerprint density at radius 3 is 1.98 bits per heavy atom. The number of anilines is 1. The van der Waals surface area contributed by atoms with E-state index in [0.717, 1.165) is 10.8 Å². The minimum Gasteiger partial charge on any atom is -0.456 e. The second-order valence-electron chi connectivity index (χ2n) is 11.4. The lowest BCUT2D eigenvalue weighted by Gasteiger charge is -2.30. The van der Waals surface area contributed by atoms with Crippen LogP contribution in [0.25, 0.3) is 16.0 Å². The molecule has 19 heteroatoms. The van der Waals surface area contributed by atoms with E-state index in [-0.39, 0.29) is 33.7 Å². The van der Waals surface area contributed by atoms with Gasteiger partial charge in [0.15, 0.2) is 18.0 Å². The molecular weight excluding hydrogens is 717 g/mol. The number of aromatic nitrogens is 3. The third-order valence-corrected chi connectivity index (χ3v) is 8.07. The highest BCUT2D eigenvalue weighted by Crippen LogP contribution is 2.50. The Hall–Kier alpha value is -7.29. The van der Waals surface area contributed by atoms with Crippen LogP contribution in [0.4, 0.5) is 19.0 Å². The fraction of sp³-hybridized carbons (Fsp3) is 0.171. The van der Waals surface area contributed by atoms with Crippen molar-refractivity contribution in [2.75, 3.05) is 11.9 Å². The number of ether oxygens (including phenoxy) is 4. The first-order chi connectivity index (χ1) is 25.9. The lowest BCUT2D eigenvalue weighted by molar-refractivity contribution is -0.211. The quantitative estimate of drug-likeness (QED) is 0.0637. The number of halogens is 3. The molecule has 1 aliphatic rings. The molecule has 1 aliphatic heterocycles. The summed E-state index contributed by atoms with van der Waals surface area (Å²) in [5, 5.41) is 21.3. The van der Waals surface area contributed by atoms with Crippen LogP contribution in [0.15, 0.2) is 115 Å². The number of esters is 3. The number of hydrogen-bond acceptors (Lipinski definition) is 12. The lowest BCUT2D eigenvalue weighted by Crippen LogP contribution is -2.50. The van der Waals surface area contributed by atoms with Crippen molar-refractivity contribution in [3.63, 3.8) is 0 Å². The molecule has 6 rings (SSSR count). The summed E-state index contributed by atoms with van der Waals surface area (Å²) in [6.45, 7) is -1.60. The molecular formula is C35H23F3N8O8. The number of amides is 1. The summed E-state index contributed by atoms with van der Waals surface area (Å²) in [7, 11) is 0.